The topological polar surface area (TPSA) is 59.0 Å². The average Bonchev–Trinajstić information content (AvgIpc) is 3.13. The standard InChI is InChI=1S/C18H18N4OS/c1-2-3-12-22(16-6-4-5-11-19-16)18-21-20-17(24-18)15-9-7-14(13-23)8-10-15/h4-11,13H,2-3,12H2,1H3. The van der Waals surface area contributed by atoms with Crippen LogP contribution in [0, 0.1) is 0 Å². The lowest BCUT2D eigenvalue weighted by Gasteiger charge is -2.19. The number of hydrogen-bond donors (Lipinski definition) is 0. The van der Waals surface area contributed by atoms with Gasteiger partial charge in [-0.1, -0.05) is 55.0 Å². The normalized spacial score (nSPS) is 10.5. The molecule has 0 aliphatic heterocycles. The van der Waals surface area contributed by atoms with E-state index < -0.39 is 0 Å². The fraction of sp³-hybridized carbons (Fsp3) is 0.222. The molecule has 0 bridgehead atoms. The molecule has 0 N–H and O–H groups in total. The third kappa shape index (κ3) is 3.65. The van der Waals surface area contributed by atoms with Crippen molar-refractivity contribution in [2.75, 3.05) is 11.4 Å². The Kier molecular flexibility index (Phi) is 5.28. The van der Waals surface area contributed by atoms with E-state index in [4.69, 9.17) is 0 Å². The lowest BCUT2D eigenvalue weighted by atomic mass is 10.2. The predicted octanol–water partition coefficient (Wildman–Crippen LogP) is 4.35. The summed E-state index contributed by atoms with van der Waals surface area (Å²) in [4.78, 5) is 17.3. The summed E-state index contributed by atoms with van der Waals surface area (Å²) in [5, 5.41) is 10.3. The van der Waals surface area contributed by atoms with E-state index in [2.05, 4.69) is 27.0 Å². The van der Waals surface area contributed by atoms with Crippen LogP contribution in [0.3, 0.4) is 0 Å². The maximum atomic E-state index is 10.8. The minimum atomic E-state index is 0.654. The first-order valence-electron chi connectivity index (χ1n) is 7.89. The van der Waals surface area contributed by atoms with Crippen LogP contribution in [0.25, 0.3) is 10.6 Å². The van der Waals surface area contributed by atoms with Crippen LogP contribution in [0.4, 0.5) is 10.9 Å². The van der Waals surface area contributed by atoms with Crippen LogP contribution < -0.4 is 4.90 Å². The van der Waals surface area contributed by atoms with Gasteiger partial charge in [0.1, 0.15) is 17.1 Å². The van der Waals surface area contributed by atoms with Gasteiger partial charge in [0.25, 0.3) is 0 Å². The number of rotatable bonds is 7. The number of aromatic nitrogens is 3. The van der Waals surface area contributed by atoms with Gasteiger partial charge in [-0.25, -0.2) is 4.98 Å². The Labute approximate surface area is 145 Å². The highest BCUT2D eigenvalue weighted by molar-refractivity contribution is 7.18. The molecule has 0 fully saturated rings. The van der Waals surface area contributed by atoms with Crippen molar-refractivity contribution in [3.63, 3.8) is 0 Å². The third-order valence-corrected chi connectivity index (χ3v) is 4.60. The van der Waals surface area contributed by atoms with Crippen molar-refractivity contribution < 1.29 is 4.79 Å². The summed E-state index contributed by atoms with van der Waals surface area (Å²) < 4.78 is 0. The van der Waals surface area contributed by atoms with Crippen LogP contribution in [0.15, 0.2) is 48.7 Å². The summed E-state index contributed by atoms with van der Waals surface area (Å²) in [5.74, 6) is 0.880. The number of benzene rings is 1. The van der Waals surface area contributed by atoms with E-state index in [-0.39, 0.29) is 0 Å². The highest BCUT2D eigenvalue weighted by Gasteiger charge is 2.16. The molecule has 122 valence electrons. The second-order valence-corrected chi connectivity index (χ2v) is 6.28. The second-order valence-electron chi connectivity index (χ2n) is 5.32. The van der Waals surface area contributed by atoms with Crippen molar-refractivity contribution in [1.82, 2.24) is 15.2 Å². The van der Waals surface area contributed by atoms with E-state index in [1.54, 1.807) is 18.3 Å². The first-order valence-corrected chi connectivity index (χ1v) is 8.71. The van der Waals surface area contributed by atoms with Gasteiger partial charge in [-0.2, -0.15) is 0 Å². The summed E-state index contributed by atoms with van der Waals surface area (Å²) in [5.41, 5.74) is 1.61. The highest BCUT2D eigenvalue weighted by atomic mass is 32.1. The smallest absolute Gasteiger partial charge is 0.214 e. The second kappa shape index (κ2) is 7.79. The largest absolute Gasteiger partial charge is 0.301 e. The first-order chi connectivity index (χ1) is 11.8. The number of nitrogens with zero attached hydrogens (tertiary/aromatic N) is 4. The number of carbonyl (C=O) groups excluding carboxylic acids is 1. The van der Waals surface area contributed by atoms with Gasteiger partial charge >= 0.3 is 0 Å². The Morgan fingerprint density at radius 2 is 1.96 bits per heavy atom. The van der Waals surface area contributed by atoms with Crippen molar-refractivity contribution in [3.8, 4) is 10.6 Å². The number of pyridine rings is 1. The number of unbranched alkanes of at least 4 members (excludes halogenated alkanes) is 1. The Bertz CT molecular complexity index is 786. The Hall–Kier alpha value is -2.60. The van der Waals surface area contributed by atoms with E-state index in [1.807, 2.05) is 30.3 Å². The zero-order valence-corrected chi connectivity index (χ0v) is 14.2. The summed E-state index contributed by atoms with van der Waals surface area (Å²) in [6, 6.07) is 13.2. The van der Waals surface area contributed by atoms with Crippen LogP contribution in [0.2, 0.25) is 0 Å². The molecule has 0 saturated heterocycles. The van der Waals surface area contributed by atoms with Crippen molar-refractivity contribution in [2.24, 2.45) is 0 Å². The molecular weight excluding hydrogens is 320 g/mol. The van der Waals surface area contributed by atoms with Crippen LogP contribution in [-0.2, 0) is 0 Å². The van der Waals surface area contributed by atoms with Gasteiger partial charge in [0, 0.05) is 23.9 Å². The quantitative estimate of drug-likeness (QED) is 0.599. The summed E-state index contributed by atoms with van der Waals surface area (Å²) in [6.45, 7) is 3.02. The van der Waals surface area contributed by atoms with E-state index in [1.165, 1.54) is 11.3 Å². The molecule has 0 amide bonds. The molecule has 6 heteroatoms. The van der Waals surface area contributed by atoms with Gasteiger partial charge in [0.05, 0.1) is 0 Å². The van der Waals surface area contributed by atoms with E-state index in [9.17, 15) is 4.79 Å². The van der Waals surface area contributed by atoms with E-state index in [0.29, 0.717) is 5.56 Å². The first kappa shape index (κ1) is 16.3. The Morgan fingerprint density at radius 3 is 2.62 bits per heavy atom. The molecular formula is C18H18N4OS. The predicted molar refractivity (Wildman–Crippen MR) is 96.9 cm³/mol. The SMILES string of the molecule is CCCCN(c1ccccn1)c1nnc(-c2ccc(C=O)cc2)s1. The Morgan fingerprint density at radius 1 is 1.12 bits per heavy atom. The Balaban J connectivity index is 1.89. The molecule has 3 aromatic rings. The molecule has 3 rings (SSSR count). The third-order valence-electron chi connectivity index (χ3n) is 3.60. The fourth-order valence-electron chi connectivity index (χ4n) is 2.28. The van der Waals surface area contributed by atoms with E-state index >= 15 is 0 Å². The van der Waals surface area contributed by atoms with E-state index in [0.717, 1.165) is 47.2 Å². The maximum Gasteiger partial charge on any atom is 0.214 e. The maximum absolute atomic E-state index is 10.8. The number of anilines is 2. The zero-order chi connectivity index (χ0) is 16.8. The van der Waals surface area contributed by atoms with Gasteiger partial charge in [0.2, 0.25) is 5.13 Å². The zero-order valence-electron chi connectivity index (χ0n) is 13.4. The van der Waals surface area contributed by atoms with Crippen LogP contribution in [0.1, 0.15) is 30.1 Å². The molecule has 0 unspecified atom stereocenters. The molecule has 0 saturated carbocycles. The highest BCUT2D eigenvalue weighted by Crippen LogP contribution is 2.32. The fourth-order valence-corrected chi connectivity index (χ4v) is 3.17. The lowest BCUT2D eigenvalue weighted by Crippen LogP contribution is -2.19. The number of hydrogen-bond acceptors (Lipinski definition) is 6. The van der Waals surface area contributed by atoms with Gasteiger partial charge in [0.15, 0.2) is 0 Å². The van der Waals surface area contributed by atoms with Crippen molar-refractivity contribution in [1.29, 1.82) is 0 Å². The molecule has 2 heterocycles. The molecule has 1 aromatic carbocycles. The molecule has 0 atom stereocenters. The summed E-state index contributed by atoms with van der Waals surface area (Å²) in [6.07, 6.45) is 4.78. The monoisotopic (exact) mass is 338 g/mol. The van der Waals surface area contributed by atoms with Gasteiger partial charge in [-0.15, -0.1) is 10.2 Å². The van der Waals surface area contributed by atoms with Gasteiger partial charge < -0.3 is 4.90 Å². The molecule has 0 aliphatic carbocycles. The van der Waals surface area contributed by atoms with Gasteiger partial charge in [-0.05, 0) is 18.6 Å². The lowest BCUT2D eigenvalue weighted by molar-refractivity contribution is 0.112. The minimum absolute atomic E-state index is 0.654. The van der Waals surface area contributed by atoms with Crippen molar-refractivity contribution >= 4 is 28.6 Å². The van der Waals surface area contributed by atoms with Crippen molar-refractivity contribution in [2.45, 2.75) is 19.8 Å². The molecule has 24 heavy (non-hydrogen) atoms. The summed E-state index contributed by atoms with van der Waals surface area (Å²) in [7, 11) is 0. The number of aldehydes is 1. The number of carbonyl (C=O) groups is 1. The minimum Gasteiger partial charge on any atom is -0.301 e. The molecule has 0 spiro atoms. The molecule has 2 aromatic heterocycles. The van der Waals surface area contributed by atoms with Crippen LogP contribution in [-0.4, -0.2) is 28.0 Å². The molecule has 0 aliphatic rings. The van der Waals surface area contributed by atoms with Gasteiger partial charge in [-0.3, -0.25) is 4.79 Å². The van der Waals surface area contributed by atoms with Crippen molar-refractivity contribution in [3.05, 3.63) is 54.2 Å². The summed E-state index contributed by atoms with van der Waals surface area (Å²) >= 11 is 1.53. The molecule has 0 radical (unpaired) electrons. The van der Waals surface area contributed by atoms with Crippen LogP contribution >= 0.6 is 11.3 Å². The molecule has 5 nitrogen and oxygen atoms in total. The average molecular weight is 338 g/mol. The van der Waals surface area contributed by atoms with Crippen LogP contribution in [0.5, 0.6) is 0 Å².